The van der Waals surface area contributed by atoms with E-state index in [1.807, 2.05) is 18.2 Å². The fourth-order valence-corrected chi connectivity index (χ4v) is 2.72. The Morgan fingerprint density at radius 3 is 2.50 bits per heavy atom. The maximum atomic E-state index is 9.98. The standard InChI is InChI=1S/C17H20INO/c18-16-8-4-7-15(11-16)12-19-13-17(20)10-9-14-5-2-1-3-6-14/h1-8,11,17,19-20H,9-10,12-13H2/t17-/m1/s1. The van der Waals surface area contributed by atoms with Gasteiger partial charge in [-0.1, -0.05) is 42.5 Å². The Hall–Kier alpha value is -0.910. The minimum Gasteiger partial charge on any atom is -0.392 e. The van der Waals surface area contributed by atoms with E-state index in [1.54, 1.807) is 0 Å². The zero-order chi connectivity index (χ0) is 14.2. The van der Waals surface area contributed by atoms with Crippen molar-refractivity contribution in [3.63, 3.8) is 0 Å². The number of halogens is 1. The zero-order valence-corrected chi connectivity index (χ0v) is 13.6. The van der Waals surface area contributed by atoms with Crippen molar-refractivity contribution in [1.29, 1.82) is 0 Å². The lowest BCUT2D eigenvalue weighted by Crippen LogP contribution is -2.26. The van der Waals surface area contributed by atoms with Crippen molar-refractivity contribution >= 4 is 22.6 Å². The lowest BCUT2D eigenvalue weighted by Gasteiger charge is -2.12. The smallest absolute Gasteiger partial charge is 0.0667 e. The predicted molar refractivity (Wildman–Crippen MR) is 91.6 cm³/mol. The highest BCUT2D eigenvalue weighted by atomic mass is 127. The highest BCUT2D eigenvalue weighted by Crippen LogP contribution is 2.08. The molecule has 2 N–H and O–H groups in total. The molecule has 0 radical (unpaired) electrons. The van der Waals surface area contributed by atoms with E-state index in [1.165, 1.54) is 14.7 Å². The van der Waals surface area contributed by atoms with Gasteiger partial charge in [-0.2, -0.15) is 0 Å². The van der Waals surface area contributed by atoms with Crippen LogP contribution in [0.4, 0.5) is 0 Å². The van der Waals surface area contributed by atoms with Crippen molar-refractivity contribution in [1.82, 2.24) is 5.32 Å². The molecule has 2 aromatic carbocycles. The second-order valence-corrected chi connectivity index (χ2v) is 6.18. The summed E-state index contributed by atoms with van der Waals surface area (Å²) in [5.74, 6) is 0. The quantitative estimate of drug-likeness (QED) is 0.721. The summed E-state index contributed by atoms with van der Waals surface area (Å²) in [7, 11) is 0. The normalized spacial score (nSPS) is 12.3. The van der Waals surface area contributed by atoms with Crippen molar-refractivity contribution in [2.24, 2.45) is 0 Å². The first-order valence-electron chi connectivity index (χ1n) is 6.91. The number of hydrogen-bond donors (Lipinski definition) is 2. The van der Waals surface area contributed by atoms with Crippen LogP contribution < -0.4 is 5.32 Å². The number of hydrogen-bond acceptors (Lipinski definition) is 2. The number of aliphatic hydroxyl groups excluding tert-OH is 1. The molecule has 0 heterocycles. The molecule has 2 nitrogen and oxygen atoms in total. The van der Waals surface area contributed by atoms with Crippen molar-refractivity contribution in [3.05, 3.63) is 69.3 Å². The molecule has 0 aliphatic rings. The molecule has 2 aromatic rings. The van der Waals surface area contributed by atoms with Gasteiger partial charge in [0.15, 0.2) is 0 Å². The molecule has 0 amide bonds. The highest BCUT2D eigenvalue weighted by molar-refractivity contribution is 14.1. The number of benzene rings is 2. The fourth-order valence-electron chi connectivity index (χ4n) is 2.11. The van der Waals surface area contributed by atoms with Gasteiger partial charge in [-0.3, -0.25) is 0 Å². The summed E-state index contributed by atoms with van der Waals surface area (Å²) in [6.07, 6.45) is 1.42. The Morgan fingerprint density at radius 2 is 1.75 bits per heavy atom. The van der Waals surface area contributed by atoms with Gasteiger partial charge in [-0.25, -0.2) is 0 Å². The number of rotatable bonds is 7. The van der Waals surface area contributed by atoms with Crippen LogP contribution in [-0.2, 0) is 13.0 Å². The Balaban J connectivity index is 1.66. The van der Waals surface area contributed by atoms with E-state index < -0.39 is 0 Å². The summed E-state index contributed by atoms with van der Waals surface area (Å²) in [6, 6.07) is 18.7. The van der Waals surface area contributed by atoms with E-state index in [2.05, 4.69) is 64.3 Å². The summed E-state index contributed by atoms with van der Waals surface area (Å²) in [5.41, 5.74) is 2.54. The maximum absolute atomic E-state index is 9.98. The van der Waals surface area contributed by atoms with Gasteiger partial charge in [0.2, 0.25) is 0 Å². The van der Waals surface area contributed by atoms with E-state index in [0.29, 0.717) is 6.54 Å². The van der Waals surface area contributed by atoms with Gasteiger partial charge in [0, 0.05) is 16.7 Å². The fraction of sp³-hybridized carbons (Fsp3) is 0.294. The lowest BCUT2D eigenvalue weighted by molar-refractivity contribution is 0.161. The van der Waals surface area contributed by atoms with Crippen molar-refractivity contribution in [2.75, 3.05) is 6.54 Å². The van der Waals surface area contributed by atoms with Gasteiger partial charge in [-0.15, -0.1) is 0 Å². The second-order valence-electron chi connectivity index (χ2n) is 4.94. The second kappa shape index (κ2) is 8.39. The SMILES string of the molecule is O[C@H](CCc1ccccc1)CNCc1cccc(I)c1. The van der Waals surface area contributed by atoms with Gasteiger partial charge >= 0.3 is 0 Å². The van der Waals surface area contributed by atoms with Gasteiger partial charge in [-0.05, 0) is 58.7 Å². The number of nitrogens with one attached hydrogen (secondary N) is 1. The summed E-state index contributed by atoms with van der Waals surface area (Å²) in [5, 5.41) is 13.3. The van der Waals surface area contributed by atoms with Gasteiger partial charge in [0.05, 0.1) is 6.10 Å². The summed E-state index contributed by atoms with van der Waals surface area (Å²) < 4.78 is 1.24. The molecule has 0 saturated heterocycles. The van der Waals surface area contributed by atoms with Crippen LogP contribution in [-0.4, -0.2) is 17.8 Å². The average molecular weight is 381 g/mol. The number of aliphatic hydroxyl groups is 1. The van der Waals surface area contributed by atoms with Crippen molar-refractivity contribution in [3.8, 4) is 0 Å². The summed E-state index contributed by atoms with van der Waals surface area (Å²) in [4.78, 5) is 0. The predicted octanol–water partition coefficient (Wildman–Crippen LogP) is 3.37. The van der Waals surface area contributed by atoms with Crippen LogP contribution in [0.5, 0.6) is 0 Å². The largest absolute Gasteiger partial charge is 0.392 e. The molecule has 0 fully saturated rings. The van der Waals surface area contributed by atoms with Crippen LogP contribution in [0.1, 0.15) is 17.5 Å². The van der Waals surface area contributed by atoms with Crippen LogP contribution in [0, 0.1) is 3.57 Å². The highest BCUT2D eigenvalue weighted by Gasteiger charge is 2.04. The first-order valence-corrected chi connectivity index (χ1v) is 7.99. The maximum Gasteiger partial charge on any atom is 0.0667 e. The average Bonchev–Trinajstić information content (AvgIpc) is 2.46. The topological polar surface area (TPSA) is 32.3 Å². The van der Waals surface area contributed by atoms with Crippen LogP contribution in [0.25, 0.3) is 0 Å². The zero-order valence-electron chi connectivity index (χ0n) is 11.4. The third kappa shape index (κ3) is 5.61. The molecule has 0 bridgehead atoms. The van der Waals surface area contributed by atoms with Crippen LogP contribution in [0.3, 0.4) is 0 Å². The Kier molecular flexibility index (Phi) is 6.50. The molecule has 0 unspecified atom stereocenters. The van der Waals surface area contributed by atoms with E-state index in [-0.39, 0.29) is 6.10 Å². The summed E-state index contributed by atoms with van der Waals surface area (Å²) in [6.45, 7) is 1.44. The Labute approximate surface area is 134 Å². The molecule has 2 rings (SSSR count). The molecule has 0 aliphatic heterocycles. The molecular weight excluding hydrogens is 361 g/mol. The molecule has 0 aliphatic carbocycles. The molecule has 0 saturated carbocycles. The minimum atomic E-state index is -0.294. The van der Waals surface area contributed by atoms with Gasteiger partial charge in [0.25, 0.3) is 0 Å². The van der Waals surface area contributed by atoms with Gasteiger partial charge in [0.1, 0.15) is 0 Å². The first-order chi connectivity index (χ1) is 9.74. The van der Waals surface area contributed by atoms with Crippen LogP contribution in [0.15, 0.2) is 54.6 Å². The third-order valence-electron chi connectivity index (χ3n) is 3.21. The Bertz CT molecular complexity index is 515. The van der Waals surface area contributed by atoms with E-state index in [9.17, 15) is 5.11 Å². The molecule has 3 heteroatoms. The Morgan fingerprint density at radius 1 is 1.00 bits per heavy atom. The minimum absolute atomic E-state index is 0.294. The van der Waals surface area contributed by atoms with Crippen LogP contribution >= 0.6 is 22.6 Å². The van der Waals surface area contributed by atoms with E-state index >= 15 is 0 Å². The molecular formula is C17H20INO. The molecule has 106 valence electrons. The third-order valence-corrected chi connectivity index (χ3v) is 3.88. The molecule has 20 heavy (non-hydrogen) atoms. The van der Waals surface area contributed by atoms with Crippen molar-refractivity contribution in [2.45, 2.75) is 25.5 Å². The summed E-state index contributed by atoms with van der Waals surface area (Å²) >= 11 is 2.31. The molecule has 0 spiro atoms. The van der Waals surface area contributed by atoms with Crippen molar-refractivity contribution < 1.29 is 5.11 Å². The molecule has 1 atom stereocenters. The van der Waals surface area contributed by atoms with E-state index in [4.69, 9.17) is 0 Å². The van der Waals surface area contributed by atoms with E-state index in [0.717, 1.165) is 19.4 Å². The molecule has 0 aromatic heterocycles. The van der Waals surface area contributed by atoms with Crippen LogP contribution in [0.2, 0.25) is 0 Å². The van der Waals surface area contributed by atoms with Gasteiger partial charge < -0.3 is 10.4 Å². The first kappa shape index (κ1) is 15.5. The lowest BCUT2D eigenvalue weighted by atomic mass is 10.1. The monoisotopic (exact) mass is 381 g/mol. The number of aryl methyl sites for hydroxylation is 1.